The van der Waals surface area contributed by atoms with E-state index in [2.05, 4.69) is 9.97 Å². The van der Waals surface area contributed by atoms with Gasteiger partial charge in [-0.15, -0.1) is 0 Å². The van der Waals surface area contributed by atoms with E-state index in [9.17, 15) is 4.79 Å². The number of carbonyl (C=O) groups is 1. The molecule has 5 heteroatoms. The highest BCUT2D eigenvalue weighted by atomic mass is 16.5. The summed E-state index contributed by atoms with van der Waals surface area (Å²) in [5, 5.41) is 0. The summed E-state index contributed by atoms with van der Waals surface area (Å²) in [6.45, 7) is 1.59. The minimum absolute atomic E-state index is 0.134. The van der Waals surface area contributed by atoms with Gasteiger partial charge in [-0.2, -0.15) is 0 Å². The predicted molar refractivity (Wildman–Crippen MR) is 95.0 cm³/mol. The van der Waals surface area contributed by atoms with Crippen LogP contribution in [-0.2, 0) is 4.79 Å². The quantitative estimate of drug-likeness (QED) is 0.840. The van der Waals surface area contributed by atoms with Crippen LogP contribution in [0.15, 0.2) is 42.9 Å². The van der Waals surface area contributed by atoms with Crippen LogP contribution in [0.3, 0.4) is 0 Å². The summed E-state index contributed by atoms with van der Waals surface area (Å²) in [5.41, 5.74) is 1.85. The van der Waals surface area contributed by atoms with Gasteiger partial charge in [0.1, 0.15) is 17.5 Å². The normalized spacial score (nSPS) is 18.2. The van der Waals surface area contributed by atoms with Gasteiger partial charge in [0.2, 0.25) is 5.91 Å². The summed E-state index contributed by atoms with van der Waals surface area (Å²) >= 11 is 0. The largest absolute Gasteiger partial charge is 0.488 e. The molecule has 3 heterocycles. The maximum atomic E-state index is 12.2. The number of hydrogen-bond donors (Lipinski definition) is 0. The third-order valence-corrected chi connectivity index (χ3v) is 4.97. The van der Waals surface area contributed by atoms with Gasteiger partial charge in [0.15, 0.2) is 0 Å². The van der Waals surface area contributed by atoms with E-state index < -0.39 is 0 Å². The van der Waals surface area contributed by atoms with E-state index in [1.807, 2.05) is 29.2 Å². The van der Waals surface area contributed by atoms with E-state index in [1.165, 1.54) is 12.8 Å². The number of ether oxygens (including phenoxy) is 1. The molecule has 130 valence electrons. The van der Waals surface area contributed by atoms with Crippen LogP contribution in [0.5, 0.6) is 5.75 Å². The molecule has 0 radical (unpaired) electrons. The third kappa shape index (κ3) is 3.98. The zero-order valence-corrected chi connectivity index (χ0v) is 14.3. The summed E-state index contributed by atoms with van der Waals surface area (Å²) in [6, 6.07) is 7.74. The minimum Gasteiger partial charge on any atom is -0.488 e. The average molecular weight is 337 g/mol. The monoisotopic (exact) mass is 337 g/mol. The first-order valence-corrected chi connectivity index (χ1v) is 9.09. The van der Waals surface area contributed by atoms with Crippen LogP contribution in [0.4, 0.5) is 0 Å². The average Bonchev–Trinajstić information content (AvgIpc) is 3.47. The van der Waals surface area contributed by atoms with Gasteiger partial charge in [-0.1, -0.05) is 0 Å². The van der Waals surface area contributed by atoms with Crippen molar-refractivity contribution in [3.63, 3.8) is 0 Å². The number of amides is 1. The number of pyridine rings is 2. The summed E-state index contributed by atoms with van der Waals surface area (Å²) in [5.74, 6) is 1.77. The molecule has 0 bridgehead atoms. The van der Waals surface area contributed by atoms with Crippen LogP contribution in [0, 0.1) is 5.92 Å². The number of carbonyl (C=O) groups excluding carboxylic acids is 1. The number of piperidine rings is 1. The zero-order chi connectivity index (χ0) is 17.1. The number of likely N-dealkylation sites (tertiary alicyclic amines) is 1. The van der Waals surface area contributed by atoms with Crippen molar-refractivity contribution in [1.29, 1.82) is 0 Å². The van der Waals surface area contributed by atoms with Crippen LogP contribution in [0.2, 0.25) is 0 Å². The summed E-state index contributed by atoms with van der Waals surface area (Å²) in [7, 11) is 0. The van der Waals surface area contributed by atoms with Crippen molar-refractivity contribution in [2.75, 3.05) is 13.1 Å². The first-order valence-electron chi connectivity index (χ1n) is 9.09. The Bertz CT molecular complexity index is 723. The van der Waals surface area contributed by atoms with Crippen LogP contribution in [0.25, 0.3) is 11.3 Å². The van der Waals surface area contributed by atoms with Gasteiger partial charge in [0.05, 0.1) is 0 Å². The van der Waals surface area contributed by atoms with Crippen LogP contribution in [0.1, 0.15) is 32.1 Å². The molecule has 2 fully saturated rings. The molecule has 2 aromatic heterocycles. The second kappa shape index (κ2) is 7.21. The fraction of sp³-hybridized carbons (Fsp3) is 0.450. The molecule has 2 aromatic rings. The fourth-order valence-electron chi connectivity index (χ4n) is 3.31. The zero-order valence-electron chi connectivity index (χ0n) is 14.3. The molecule has 2 aliphatic rings. The highest BCUT2D eigenvalue weighted by Crippen LogP contribution is 2.33. The van der Waals surface area contributed by atoms with Crippen molar-refractivity contribution in [1.82, 2.24) is 14.9 Å². The first-order chi connectivity index (χ1) is 12.3. The Hall–Kier alpha value is -2.43. The molecule has 0 aromatic carbocycles. The van der Waals surface area contributed by atoms with Gasteiger partial charge in [0.25, 0.3) is 0 Å². The second-order valence-electron chi connectivity index (χ2n) is 6.93. The first kappa shape index (κ1) is 16.1. The standard InChI is InChI=1S/C20H23N3O2/c24-19(14-15-3-4-15)23-12-7-17(8-13-23)25-18-2-1-9-22-20(18)16-5-10-21-11-6-16/h1-2,5-6,9-11,15,17H,3-4,7-8,12-14H2. The Morgan fingerprint density at radius 2 is 1.84 bits per heavy atom. The Morgan fingerprint density at radius 1 is 1.08 bits per heavy atom. The van der Waals surface area contributed by atoms with Crippen molar-refractivity contribution in [3.05, 3.63) is 42.9 Å². The molecule has 0 N–H and O–H groups in total. The fourth-order valence-corrected chi connectivity index (χ4v) is 3.31. The molecule has 1 aliphatic carbocycles. The van der Waals surface area contributed by atoms with Gasteiger partial charge in [-0.25, -0.2) is 0 Å². The van der Waals surface area contributed by atoms with E-state index in [-0.39, 0.29) is 6.10 Å². The molecule has 25 heavy (non-hydrogen) atoms. The lowest BCUT2D eigenvalue weighted by molar-refractivity contribution is -0.133. The molecule has 1 aliphatic heterocycles. The SMILES string of the molecule is O=C(CC1CC1)N1CCC(Oc2cccnc2-c2ccncc2)CC1. The number of nitrogens with zero attached hydrogens (tertiary/aromatic N) is 3. The number of rotatable bonds is 5. The lowest BCUT2D eigenvalue weighted by Gasteiger charge is -2.32. The molecule has 5 nitrogen and oxygen atoms in total. The smallest absolute Gasteiger partial charge is 0.222 e. The van der Waals surface area contributed by atoms with Crippen molar-refractivity contribution in [2.45, 2.75) is 38.2 Å². The molecule has 0 spiro atoms. The Balaban J connectivity index is 1.38. The van der Waals surface area contributed by atoms with Crippen molar-refractivity contribution in [2.24, 2.45) is 5.92 Å². The van der Waals surface area contributed by atoms with Crippen molar-refractivity contribution < 1.29 is 9.53 Å². The third-order valence-electron chi connectivity index (χ3n) is 4.97. The number of hydrogen-bond acceptors (Lipinski definition) is 4. The maximum absolute atomic E-state index is 12.2. The van der Waals surface area contributed by atoms with Gasteiger partial charge < -0.3 is 9.64 Å². The van der Waals surface area contributed by atoms with Crippen molar-refractivity contribution >= 4 is 5.91 Å². The van der Waals surface area contributed by atoms with E-state index in [0.717, 1.165) is 49.4 Å². The summed E-state index contributed by atoms with van der Waals surface area (Å²) in [4.78, 5) is 22.8. The van der Waals surface area contributed by atoms with Gasteiger partial charge in [0, 0.05) is 56.5 Å². The molecular formula is C20H23N3O2. The van der Waals surface area contributed by atoms with Gasteiger partial charge >= 0.3 is 0 Å². The van der Waals surface area contributed by atoms with Crippen LogP contribution in [-0.4, -0.2) is 40.0 Å². The van der Waals surface area contributed by atoms with Gasteiger partial charge in [-0.05, 0) is 43.0 Å². The Morgan fingerprint density at radius 3 is 2.56 bits per heavy atom. The second-order valence-corrected chi connectivity index (χ2v) is 6.93. The molecule has 1 saturated carbocycles. The van der Waals surface area contributed by atoms with Crippen molar-refractivity contribution in [3.8, 4) is 17.0 Å². The molecular weight excluding hydrogens is 314 g/mol. The summed E-state index contributed by atoms with van der Waals surface area (Å²) < 4.78 is 6.24. The van der Waals surface area contributed by atoms with E-state index in [4.69, 9.17) is 4.74 Å². The highest BCUT2D eigenvalue weighted by molar-refractivity contribution is 5.76. The lowest BCUT2D eigenvalue weighted by Crippen LogP contribution is -2.41. The highest BCUT2D eigenvalue weighted by Gasteiger charge is 2.29. The molecule has 1 amide bonds. The van der Waals surface area contributed by atoms with Crippen LogP contribution >= 0.6 is 0 Å². The minimum atomic E-state index is 0.134. The molecule has 4 rings (SSSR count). The summed E-state index contributed by atoms with van der Waals surface area (Å²) in [6.07, 6.45) is 10.4. The van der Waals surface area contributed by atoms with E-state index in [0.29, 0.717) is 11.8 Å². The predicted octanol–water partition coefficient (Wildman–Crippen LogP) is 3.31. The van der Waals surface area contributed by atoms with E-state index >= 15 is 0 Å². The maximum Gasteiger partial charge on any atom is 0.222 e. The van der Waals surface area contributed by atoms with Gasteiger partial charge in [-0.3, -0.25) is 14.8 Å². The topological polar surface area (TPSA) is 55.3 Å². The van der Waals surface area contributed by atoms with Crippen LogP contribution < -0.4 is 4.74 Å². The Kier molecular flexibility index (Phi) is 4.63. The Labute approximate surface area is 148 Å². The molecule has 0 atom stereocenters. The van der Waals surface area contributed by atoms with E-state index in [1.54, 1.807) is 18.6 Å². The number of aromatic nitrogens is 2. The lowest BCUT2D eigenvalue weighted by atomic mass is 10.1. The molecule has 1 saturated heterocycles. The molecule has 0 unspecified atom stereocenters.